The Morgan fingerprint density at radius 2 is 2.15 bits per heavy atom. The minimum Gasteiger partial charge on any atom is -0.487 e. The molecule has 0 spiro atoms. The zero-order chi connectivity index (χ0) is 14.4. The Bertz CT molecular complexity index is 560. The summed E-state index contributed by atoms with van der Waals surface area (Å²) < 4.78 is 19.3. The molecule has 2 aromatic rings. The molecule has 5 heteroatoms. The van der Waals surface area contributed by atoms with Crippen molar-refractivity contribution in [2.24, 2.45) is 0 Å². The lowest BCUT2D eigenvalue weighted by Gasteiger charge is -2.07. The van der Waals surface area contributed by atoms with Gasteiger partial charge < -0.3 is 10.1 Å². The van der Waals surface area contributed by atoms with Crippen LogP contribution in [0.2, 0.25) is 0 Å². The van der Waals surface area contributed by atoms with E-state index in [0.717, 1.165) is 24.3 Å². The Morgan fingerprint density at radius 3 is 2.80 bits per heavy atom. The molecule has 1 heterocycles. The summed E-state index contributed by atoms with van der Waals surface area (Å²) in [6, 6.07) is 8.62. The molecule has 0 saturated carbocycles. The van der Waals surface area contributed by atoms with Crippen LogP contribution in [0.1, 0.15) is 18.2 Å². The Morgan fingerprint density at radius 1 is 1.30 bits per heavy atom. The van der Waals surface area contributed by atoms with E-state index >= 15 is 0 Å². The van der Waals surface area contributed by atoms with Crippen molar-refractivity contribution in [1.29, 1.82) is 0 Å². The monoisotopic (exact) mass is 338 g/mol. The van der Waals surface area contributed by atoms with E-state index in [1.165, 1.54) is 6.07 Å². The van der Waals surface area contributed by atoms with Crippen LogP contribution in [-0.2, 0) is 13.2 Å². The molecule has 0 fully saturated rings. The third kappa shape index (κ3) is 4.28. The van der Waals surface area contributed by atoms with Crippen molar-refractivity contribution in [3.8, 4) is 5.75 Å². The highest BCUT2D eigenvalue weighted by molar-refractivity contribution is 9.10. The van der Waals surface area contributed by atoms with Crippen LogP contribution in [0.15, 0.2) is 41.0 Å². The van der Waals surface area contributed by atoms with Gasteiger partial charge in [0.15, 0.2) is 0 Å². The largest absolute Gasteiger partial charge is 0.487 e. The Labute approximate surface area is 126 Å². The number of benzene rings is 1. The number of pyridine rings is 1. The number of aromatic nitrogens is 1. The predicted octanol–water partition coefficient (Wildman–Crippen LogP) is 3.67. The summed E-state index contributed by atoms with van der Waals surface area (Å²) in [7, 11) is 0. The van der Waals surface area contributed by atoms with E-state index in [-0.39, 0.29) is 5.82 Å². The Hall–Kier alpha value is -1.46. The molecular weight excluding hydrogens is 323 g/mol. The molecule has 1 N–H and O–H groups in total. The molecule has 1 aromatic heterocycles. The summed E-state index contributed by atoms with van der Waals surface area (Å²) in [5.74, 6) is 0.153. The van der Waals surface area contributed by atoms with Gasteiger partial charge >= 0.3 is 0 Å². The van der Waals surface area contributed by atoms with E-state index in [1.54, 1.807) is 12.1 Å². The minimum atomic E-state index is -0.337. The highest BCUT2D eigenvalue weighted by atomic mass is 79.9. The lowest BCUT2D eigenvalue weighted by atomic mass is 10.2. The van der Waals surface area contributed by atoms with Gasteiger partial charge in [0.1, 0.15) is 18.2 Å². The standard InChI is InChI=1S/C15H16BrFN2O/c1-2-18-8-11-3-4-12(19-9-11)10-20-13-5-6-14(16)15(17)7-13/h3-7,9,18H,2,8,10H2,1H3. The van der Waals surface area contributed by atoms with Gasteiger partial charge in [-0.05, 0) is 46.2 Å². The molecule has 1 aromatic carbocycles. The first kappa shape index (κ1) is 14.9. The number of halogens is 2. The maximum atomic E-state index is 13.3. The Balaban J connectivity index is 1.91. The molecule has 2 rings (SSSR count). The number of rotatable bonds is 6. The fourth-order valence-electron chi connectivity index (χ4n) is 1.64. The summed E-state index contributed by atoms with van der Waals surface area (Å²) in [5.41, 5.74) is 1.94. The smallest absolute Gasteiger partial charge is 0.141 e. The number of hydrogen-bond donors (Lipinski definition) is 1. The first-order chi connectivity index (χ1) is 9.69. The van der Waals surface area contributed by atoms with Crippen LogP contribution in [0.5, 0.6) is 5.75 Å². The van der Waals surface area contributed by atoms with E-state index < -0.39 is 0 Å². The van der Waals surface area contributed by atoms with Gasteiger partial charge in [0.05, 0.1) is 10.2 Å². The van der Waals surface area contributed by atoms with Gasteiger partial charge in [-0.1, -0.05) is 13.0 Å². The SMILES string of the molecule is CCNCc1ccc(COc2ccc(Br)c(F)c2)nc1. The summed E-state index contributed by atoms with van der Waals surface area (Å²) in [6.07, 6.45) is 1.82. The first-order valence-electron chi connectivity index (χ1n) is 6.41. The second-order valence-corrected chi connectivity index (χ2v) is 5.16. The average molecular weight is 339 g/mol. The molecule has 0 unspecified atom stereocenters. The topological polar surface area (TPSA) is 34.1 Å². The van der Waals surface area contributed by atoms with Crippen molar-refractivity contribution >= 4 is 15.9 Å². The van der Waals surface area contributed by atoms with Crippen LogP contribution in [0, 0.1) is 5.82 Å². The van der Waals surface area contributed by atoms with E-state index in [4.69, 9.17) is 4.74 Å². The van der Waals surface area contributed by atoms with E-state index in [9.17, 15) is 4.39 Å². The van der Waals surface area contributed by atoms with E-state index in [1.807, 2.05) is 18.3 Å². The highest BCUT2D eigenvalue weighted by Gasteiger charge is 2.02. The maximum Gasteiger partial charge on any atom is 0.141 e. The Kier molecular flexibility index (Phi) is 5.49. The summed E-state index contributed by atoms with van der Waals surface area (Å²) in [4.78, 5) is 4.32. The molecule has 0 aliphatic heterocycles. The number of nitrogens with one attached hydrogen (secondary N) is 1. The van der Waals surface area contributed by atoms with Gasteiger partial charge in [-0.15, -0.1) is 0 Å². The predicted molar refractivity (Wildman–Crippen MR) is 80.0 cm³/mol. The molecule has 0 aliphatic rings. The molecule has 20 heavy (non-hydrogen) atoms. The lowest BCUT2D eigenvalue weighted by Crippen LogP contribution is -2.12. The third-order valence-corrected chi connectivity index (χ3v) is 3.39. The molecule has 0 amide bonds. The second kappa shape index (κ2) is 7.36. The molecule has 3 nitrogen and oxygen atoms in total. The molecule has 0 aliphatic carbocycles. The van der Waals surface area contributed by atoms with Gasteiger partial charge in [0.2, 0.25) is 0 Å². The molecule has 0 radical (unpaired) electrons. The quantitative estimate of drug-likeness (QED) is 0.872. The molecule has 0 saturated heterocycles. The van der Waals surface area contributed by atoms with Gasteiger partial charge in [-0.25, -0.2) is 4.39 Å². The van der Waals surface area contributed by atoms with Gasteiger partial charge in [0.25, 0.3) is 0 Å². The zero-order valence-electron chi connectivity index (χ0n) is 11.2. The molecule has 106 valence electrons. The second-order valence-electron chi connectivity index (χ2n) is 4.30. The first-order valence-corrected chi connectivity index (χ1v) is 7.20. The van der Waals surface area contributed by atoms with Crippen LogP contribution in [0.3, 0.4) is 0 Å². The lowest BCUT2D eigenvalue weighted by molar-refractivity contribution is 0.299. The van der Waals surface area contributed by atoms with Gasteiger partial charge in [-0.3, -0.25) is 4.98 Å². The third-order valence-electron chi connectivity index (χ3n) is 2.74. The summed E-state index contributed by atoms with van der Waals surface area (Å²) in [6.45, 7) is 4.12. The fraction of sp³-hybridized carbons (Fsp3) is 0.267. The molecular formula is C15H16BrFN2O. The van der Waals surface area contributed by atoms with Crippen molar-refractivity contribution in [2.75, 3.05) is 6.54 Å². The maximum absolute atomic E-state index is 13.3. The van der Waals surface area contributed by atoms with Crippen molar-refractivity contribution < 1.29 is 9.13 Å². The summed E-state index contributed by atoms with van der Waals surface area (Å²) >= 11 is 3.11. The number of hydrogen-bond acceptors (Lipinski definition) is 3. The van der Waals surface area contributed by atoms with Crippen molar-refractivity contribution in [2.45, 2.75) is 20.1 Å². The van der Waals surface area contributed by atoms with Crippen LogP contribution in [-0.4, -0.2) is 11.5 Å². The van der Waals surface area contributed by atoms with Crippen molar-refractivity contribution in [3.05, 3.63) is 58.1 Å². The average Bonchev–Trinajstić information content (AvgIpc) is 2.47. The van der Waals surface area contributed by atoms with Gasteiger partial charge in [-0.2, -0.15) is 0 Å². The van der Waals surface area contributed by atoms with Crippen molar-refractivity contribution in [1.82, 2.24) is 10.3 Å². The minimum absolute atomic E-state index is 0.322. The normalized spacial score (nSPS) is 10.6. The van der Waals surface area contributed by atoms with Crippen molar-refractivity contribution in [3.63, 3.8) is 0 Å². The zero-order valence-corrected chi connectivity index (χ0v) is 12.8. The fourth-order valence-corrected chi connectivity index (χ4v) is 1.88. The van der Waals surface area contributed by atoms with Gasteiger partial charge in [0, 0.05) is 18.8 Å². The number of ether oxygens (including phenoxy) is 1. The number of nitrogens with zero attached hydrogens (tertiary/aromatic N) is 1. The molecule has 0 atom stereocenters. The summed E-state index contributed by atoms with van der Waals surface area (Å²) in [5, 5.41) is 3.24. The highest BCUT2D eigenvalue weighted by Crippen LogP contribution is 2.21. The molecule has 0 bridgehead atoms. The van der Waals surface area contributed by atoms with Crippen LogP contribution >= 0.6 is 15.9 Å². The van der Waals surface area contributed by atoms with Crippen LogP contribution in [0.4, 0.5) is 4.39 Å². The van der Waals surface area contributed by atoms with E-state index in [0.29, 0.717) is 16.8 Å². The van der Waals surface area contributed by atoms with E-state index in [2.05, 4.69) is 33.2 Å². The van der Waals surface area contributed by atoms with Crippen LogP contribution < -0.4 is 10.1 Å². The van der Waals surface area contributed by atoms with Crippen LogP contribution in [0.25, 0.3) is 0 Å².